The molecule has 0 saturated heterocycles. The summed E-state index contributed by atoms with van der Waals surface area (Å²) in [4.78, 5) is 8.70. The first-order valence-corrected chi connectivity index (χ1v) is 0.773. The molecule has 0 N–H and O–H groups in total. The molecule has 0 aliphatic heterocycles. The van der Waals surface area contributed by atoms with Gasteiger partial charge in [0.1, 0.15) is 5.34 Å². The third-order valence-electron chi connectivity index (χ3n) is 0.0745. The second-order valence-corrected chi connectivity index (χ2v) is 0.257. The zero-order valence-corrected chi connectivity index (χ0v) is 2.26. The van der Waals surface area contributed by atoms with E-state index in [0.29, 0.717) is 0 Å². The first kappa shape index (κ1) is 9.07. The van der Waals surface area contributed by atoms with E-state index in [9.17, 15) is 0 Å². The molecular formula is H3BNNaO2. The molecule has 5 heavy (non-hydrogen) atoms. The van der Waals surface area contributed by atoms with Gasteiger partial charge >= 0.3 is 37.6 Å². The Morgan fingerprint density at radius 1 is 1.80 bits per heavy atom. The van der Waals surface area contributed by atoms with Gasteiger partial charge in [-0.15, -0.1) is 4.91 Å². The Morgan fingerprint density at radius 3 is 2.00 bits per heavy atom. The molecule has 0 atom stereocenters. The second kappa shape index (κ2) is 8.82. The topological polar surface area (TPSA) is 38.7 Å². The molecule has 0 amide bonds. The third-order valence-corrected chi connectivity index (χ3v) is 0.0745. The Labute approximate surface area is 52.7 Å². The molecule has 0 heterocycles. The van der Waals surface area contributed by atoms with E-state index in [1.165, 1.54) is 8.05 Å². The molecule has 3 nitrogen and oxygen atoms in total. The standard InChI is InChI=1S/BH2NO2.Na.H/c1-4-2-3;;/h1H2;;. The van der Waals surface area contributed by atoms with Crippen LogP contribution in [0, 0.1) is 4.91 Å². The summed E-state index contributed by atoms with van der Waals surface area (Å²) in [5, 5.41) is 1.99. The van der Waals surface area contributed by atoms with Crippen molar-refractivity contribution >= 4 is 37.6 Å². The summed E-state index contributed by atoms with van der Waals surface area (Å²) in [6.45, 7) is 0. The maximum atomic E-state index is 8.70. The zero-order chi connectivity index (χ0) is 3.41. The summed E-state index contributed by atoms with van der Waals surface area (Å²) in [6, 6.07) is 0. The fourth-order valence-corrected chi connectivity index (χ4v) is 0. The Bertz CT molecular complexity index is 23.6. The monoisotopic (exact) mass is 83.0 g/mol. The van der Waals surface area contributed by atoms with Gasteiger partial charge in [0.25, 0.3) is 0 Å². The van der Waals surface area contributed by atoms with Gasteiger partial charge in [-0.2, -0.15) is 0 Å². The van der Waals surface area contributed by atoms with Gasteiger partial charge < -0.3 is 4.76 Å². The van der Waals surface area contributed by atoms with Crippen LogP contribution >= 0.6 is 0 Å². The first-order valence-electron chi connectivity index (χ1n) is 0.773. The van der Waals surface area contributed by atoms with Gasteiger partial charge in [0.15, 0.2) is 0 Å². The summed E-state index contributed by atoms with van der Waals surface area (Å²) in [5.74, 6) is 0. The Morgan fingerprint density at radius 2 is 2.00 bits per heavy atom. The molecule has 24 valence electrons. The van der Waals surface area contributed by atoms with Gasteiger partial charge in [0, 0.05) is 0 Å². The fourth-order valence-electron chi connectivity index (χ4n) is 0. The molecule has 0 bridgehead atoms. The van der Waals surface area contributed by atoms with E-state index in [1.54, 1.807) is 0 Å². The van der Waals surface area contributed by atoms with Crippen molar-refractivity contribution in [1.29, 1.82) is 0 Å². The predicted octanol–water partition coefficient (Wildman–Crippen LogP) is -1.42. The maximum absolute atomic E-state index is 8.70. The van der Waals surface area contributed by atoms with Crippen molar-refractivity contribution in [1.82, 2.24) is 0 Å². The van der Waals surface area contributed by atoms with Gasteiger partial charge in [-0.1, -0.05) is 0 Å². The third kappa shape index (κ3) is 12.6. The molecule has 5 heteroatoms. The molecule has 0 aromatic carbocycles. The van der Waals surface area contributed by atoms with E-state index in [1.807, 2.05) is 5.34 Å². The Kier molecular flexibility index (Phi) is 16.0. The molecule has 0 aliphatic carbocycles. The van der Waals surface area contributed by atoms with Gasteiger partial charge in [-0.05, 0) is 0 Å². The Hall–Kier alpha value is 0.465. The number of nitrogens with zero attached hydrogens (tertiary/aromatic N) is 1. The van der Waals surface area contributed by atoms with Crippen LogP contribution in [0.5, 0.6) is 0 Å². The van der Waals surface area contributed by atoms with Crippen LogP contribution in [0.1, 0.15) is 0 Å². The van der Waals surface area contributed by atoms with Crippen LogP contribution in [0.3, 0.4) is 0 Å². The van der Waals surface area contributed by atoms with Crippen molar-refractivity contribution in [3.8, 4) is 0 Å². The molecule has 0 spiro atoms. The van der Waals surface area contributed by atoms with Crippen LogP contribution < -0.4 is 0 Å². The predicted molar refractivity (Wildman–Crippen MR) is 22.6 cm³/mol. The first-order chi connectivity index (χ1) is 1.91. The molecule has 0 aromatic heterocycles. The fraction of sp³-hybridized carbons (Fsp3) is 0. The van der Waals surface area contributed by atoms with E-state index < -0.39 is 0 Å². The van der Waals surface area contributed by atoms with Crippen molar-refractivity contribution in [3.63, 3.8) is 0 Å². The van der Waals surface area contributed by atoms with Crippen LogP contribution in [0.2, 0.25) is 0 Å². The SMILES string of the molecule is BON=O.[NaH]. The number of hydrogen-bond acceptors (Lipinski definition) is 3. The van der Waals surface area contributed by atoms with Crippen molar-refractivity contribution < 1.29 is 4.76 Å². The van der Waals surface area contributed by atoms with Crippen LogP contribution in [-0.4, -0.2) is 37.6 Å². The van der Waals surface area contributed by atoms with Crippen LogP contribution in [0.15, 0.2) is 5.34 Å². The van der Waals surface area contributed by atoms with Crippen LogP contribution in [-0.2, 0) is 4.76 Å². The van der Waals surface area contributed by atoms with Crippen LogP contribution in [0.4, 0.5) is 0 Å². The summed E-state index contributed by atoms with van der Waals surface area (Å²) in [6.07, 6.45) is 0. The van der Waals surface area contributed by atoms with Crippen molar-refractivity contribution in [2.24, 2.45) is 5.34 Å². The van der Waals surface area contributed by atoms with Crippen molar-refractivity contribution in [2.75, 3.05) is 0 Å². The normalized spacial score (nSPS) is 4.00. The molecule has 0 rings (SSSR count). The van der Waals surface area contributed by atoms with E-state index in [4.69, 9.17) is 4.91 Å². The summed E-state index contributed by atoms with van der Waals surface area (Å²) >= 11 is 0. The molecule has 0 radical (unpaired) electrons. The van der Waals surface area contributed by atoms with E-state index >= 15 is 0 Å². The average molecular weight is 82.8 g/mol. The zero-order valence-electron chi connectivity index (χ0n) is 2.26. The summed E-state index contributed by atoms with van der Waals surface area (Å²) < 4.78 is 3.61. The second-order valence-electron chi connectivity index (χ2n) is 0.257. The molecule has 0 fully saturated rings. The minimum absolute atomic E-state index is 0. The quantitative estimate of drug-likeness (QED) is 0.222. The summed E-state index contributed by atoms with van der Waals surface area (Å²) in [7, 11) is 1.20. The van der Waals surface area contributed by atoms with E-state index in [-0.39, 0.29) is 29.6 Å². The molecular weight excluding hydrogens is 79.8 g/mol. The van der Waals surface area contributed by atoms with Crippen LogP contribution in [0.25, 0.3) is 0 Å². The molecule has 0 aromatic rings. The summed E-state index contributed by atoms with van der Waals surface area (Å²) in [5.41, 5.74) is 0. The van der Waals surface area contributed by atoms with E-state index in [0.717, 1.165) is 0 Å². The van der Waals surface area contributed by atoms with Gasteiger partial charge in [-0.25, -0.2) is 0 Å². The van der Waals surface area contributed by atoms with E-state index in [2.05, 4.69) is 4.76 Å². The average Bonchev–Trinajstić information content (AvgIpc) is 1.37. The number of hydrogen-bond donors (Lipinski definition) is 0. The van der Waals surface area contributed by atoms with Gasteiger partial charge in [-0.3, -0.25) is 0 Å². The molecule has 0 aliphatic rings. The van der Waals surface area contributed by atoms with Crippen molar-refractivity contribution in [3.05, 3.63) is 4.91 Å². The molecule has 0 unspecified atom stereocenters. The number of rotatable bonds is 1. The van der Waals surface area contributed by atoms with Gasteiger partial charge in [0.05, 0.1) is 0 Å². The molecule has 0 saturated carbocycles. The van der Waals surface area contributed by atoms with Crippen molar-refractivity contribution in [2.45, 2.75) is 0 Å². The van der Waals surface area contributed by atoms with Gasteiger partial charge in [0.2, 0.25) is 0 Å². The minimum atomic E-state index is 0. The Balaban J connectivity index is 0.